The molecule has 0 radical (unpaired) electrons. The van der Waals surface area contributed by atoms with Gasteiger partial charge in [0.2, 0.25) is 0 Å². The zero-order valence-electron chi connectivity index (χ0n) is 17.7. The molecule has 0 saturated heterocycles. The Bertz CT molecular complexity index is 1330. The van der Waals surface area contributed by atoms with Gasteiger partial charge in [-0.25, -0.2) is 9.67 Å². The van der Waals surface area contributed by atoms with E-state index >= 15 is 0 Å². The van der Waals surface area contributed by atoms with Crippen molar-refractivity contribution in [3.8, 4) is 0 Å². The number of hydrogen-bond acceptors (Lipinski definition) is 5. The molecule has 0 fully saturated rings. The topological polar surface area (TPSA) is 81.7 Å². The number of nitrogens with zero attached hydrogens (tertiary/aromatic N) is 6. The Hall–Kier alpha value is -2.98. The van der Waals surface area contributed by atoms with Gasteiger partial charge in [0.25, 0.3) is 0 Å². The van der Waals surface area contributed by atoms with E-state index in [1.165, 1.54) is 24.0 Å². The summed E-state index contributed by atoms with van der Waals surface area (Å²) in [6, 6.07) is 4.84. The lowest BCUT2D eigenvalue weighted by Crippen LogP contribution is -2.33. The summed E-state index contributed by atoms with van der Waals surface area (Å²) < 4.78 is 42.5. The number of pyridine rings is 1. The van der Waals surface area contributed by atoms with Crippen molar-refractivity contribution in [1.29, 1.82) is 0 Å². The monoisotopic (exact) mass is 464 g/mol. The van der Waals surface area contributed by atoms with Crippen molar-refractivity contribution >= 4 is 22.5 Å². The van der Waals surface area contributed by atoms with E-state index in [0.717, 1.165) is 0 Å². The maximum absolute atomic E-state index is 13.1. The van der Waals surface area contributed by atoms with Crippen LogP contribution in [0.4, 0.5) is 13.2 Å². The second-order valence-corrected chi connectivity index (χ2v) is 8.09. The molecular weight excluding hydrogens is 445 g/mol. The summed E-state index contributed by atoms with van der Waals surface area (Å²) in [7, 11) is 3.39. The third-order valence-electron chi connectivity index (χ3n) is 5.69. The Morgan fingerprint density at radius 1 is 1.09 bits per heavy atom. The van der Waals surface area contributed by atoms with Crippen molar-refractivity contribution in [3.63, 3.8) is 0 Å². The summed E-state index contributed by atoms with van der Waals surface area (Å²) in [6.45, 7) is 3.29. The van der Waals surface area contributed by atoms with Crippen molar-refractivity contribution in [2.45, 2.75) is 32.0 Å². The third kappa shape index (κ3) is 3.53. The first-order valence-electron chi connectivity index (χ1n) is 9.65. The Balaban J connectivity index is 2.00. The summed E-state index contributed by atoms with van der Waals surface area (Å²) in [5, 5.41) is 20.1. The number of aromatic nitrogens is 6. The van der Waals surface area contributed by atoms with E-state index in [0.29, 0.717) is 33.7 Å². The molecule has 1 unspecified atom stereocenters. The number of rotatable bonds is 4. The summed E-state index contributed by atoms with van der Waals surface area (Å²) >= 11 is 6.44. The lowest BCUT2D eigenvalue weighted by molar-refractivity contribution is -0.127. The van der Waals surface area contributed by atoms with Gasteiger partial charge in [0.05, 0.1) is 35.0 Å². The van der Waals surface area contributed by atoms with Gasteiger partial charge in [-0.3, -0.25) is 4.98 Å². The average molecular weight is 465 g/mol. The van der Waals surface area contributed by atoms with E-state index < -0.39 is 18.2 Å². The molecule has 1 aromatic carbocycles. The molecule has 4 aromatic rings. The largest absolute Gasteiger partial charge is 0.393 e. The highest BCUT2D eigenvalue weighted by Crippen LogP contribution is 2.39. The molecule has 3 aromatic heterocycles. The van der Waals surface area contributed by atoms with Crippen LogP contribution < -0.4 is 0 Å². The second kappa shape index (κ2) is 7.56. The Labute approximate surface area is 186 Å². The number of fused-ring (bicyclic) bond motifs is 1. The number of aryl methyl sites for hydroxylation is 3. The molecule has 0 aliphatic heterocycles. The molecular formula is C21H20ClF3N6O. The molecule has 11 heteroatoms. The van der Waals surface area contributed by atoms with Crippen LogP contribution in [0.2, 0.25) is 5.02 Å². The minimum atomic E-state index is -4.44. The number of hydrogen-bond donors (Lipinski definition) is 1. The highest BCUT2D eigenvalue weighted by Gasteiger charge is 2.40. The number of benzene rings is 1. The fourth-order valence-electron chi connectivity index (χ4n) is 3.89. The molecule has 0 spiro atoms. The van der Waals surface area contributed by atoms with Gasteiger partial charge >= 0.3 is 6.18 Å². The Morgan fingerprint density at radius 3 is 2.38 bits per heavy atom. The lowest BCUT2D eigenvalue weighted by atomic mass is 9.86. The predicted octanol–water partition coefficient (Wildman–Crippen LogP) is 3.76. The van der Waals surface area contributed by atoms with Gasteiger partial charge in [0.15, 0.2) is 5.60 Å². The molecule has 0 bridgehead atoms. The van der Waals surface area contributed by atoms with Crippen LogP contribution in [-0.2, 0) is 26.1 Å². The van der Waals surface area contributed by atoms with Crippen LogP contribution in [0.25, 0.3) is 10.9 Å². The summed E-state index contributed by atoms with van der Waals surface area (Å²) in [5.74, 6) is 0.664. The van der Waals surface area contributed by atoms with Crippen LogP contribution in [0.1, 0.15) is 34.0 Å². The Kier molecular flexibility index (Phi) is 5.25. The van der Waals surface area contributed by atoms with E-state index in [1.54, 1.807) is 43.8 Å². The zero-order chi connectivity index (χ0) is 23.4. The first-order chi connectivity index (χ1) is 14.9. The zero-order valence-corrected chi connectivity index (χ0v) is 18.5. The highest BCUT2D eigenvalue weighted by molar-refractivity contribution is 6.36. The number of aliphatic hydroxyl groups is 1. The summed E-state index contributed by atoms with van der Waals surface area (Å²) in [6.07, 6.45) is -2.66. The van der Waals surface area contributed by atoms with E-state index in [4.69, 9.17) is 11.6 Å². The molecule has 168 valence electrons. The Morgan fingerprint density at radius 2 is 1.81 bits per heavy atom. The SMILES string of the molecule is Cc1nc2ccc(C(O)(c3cnnn3C)c3cnc(C)n3C)cc2c(Cl)c1CC(F)(F)F. The molecule has 0 aliphatic rings. The van der Waals surface area contributed by atoms with Crippen LogP contribution in [0, 0.1) is 13.8 Å². The second-order valence-electron chi connectivity index (χ2n) is 7.72. The minimum absolute atomic E-state index is 0.0432. The molecule has 3 heterocycles. The smallest absolute Gasteiger partial charge is 0.373 e. The van der Waals surface area contributed by atoms with E-state index in [1.807, 2.05) is 0 Å². The first kappa shape index (κ1) is 22.2. The van der Waals surface area contributed by atoms with Gasteiger partial charge in [-0.05, 0) is 31.5 Å². The maximum Gasteiger partial charge on any atom is 0.393 e. The van der Waals surface area contributed by atoms with Crippen molar-refractivity contribution in [2.75, 3.05) is 0 Å². The number of alkyl halides is 3. The predicted molar refractivity (Wildman–Crippen MR) is 112 cm³/mol. The third-order valence-corrected chi connectivity index (χ3v) is 6.13. The van der Waals surface area contributed by atoms with Crippen LogP contribution in [0.5, 0.6) is 0 Å². The van der Waals surface area contributed by atoms with Crippen molar-refractivity contribution in [1.82, 2.24) is 29.5 Å². The van der Waals surface area contributed by atoms with E-state index in [-0.39, 0.29) is 16.3 Å². The van der Waals surface area contributed by atoms with Crippen molar-refractivity contribution in [3.05, 3.63) is 69.6 Å². The molecule has 0 aliphatic carbocycles. The molecule has 1 N–H and O–H groups in total. The van der Waals surface area contributed by atoms with Crippen LogP contribution in [0.3, 0.4) is 0 Å². The van der Waals surface area contributed by atoms with Crippen molar-refractivity contribution < 1.29 is 18.3 Å². The standard InChI is InChI=1S/C21H20ClF3N6O/c1-11-15(8-20(23,24)25)19(22)14-7-13(5-6-16(14)28-11)21(32,18-10-27-29-31(18)4)17-9-26-12(2)30(17)3/h5-7,9-10,32H,8H2,1-4H3. The molecule has 1 atom stereocenters. The summed E-state index contributed by atoms with van der Waals surface area (Å²) in [4.78, 5) is 8.59. The number of halogens is 4. The lowest BCUT2D eigenvalue weighted by Gasteiger charge is -2.29. The minimum Gasteiger partial charge on any atom is -0.373 e. The van der Waals surface area contributed by atoms with Gasteiger partial charge in [-0.2, -0.15) is 13.2 Å². The van der Waals surface area contributed by atoms with Crippen LogP contribution in [-0.4, -0.2) is 40.8 Å². The first-order valence-corrected chi connectivity index (χ1v) is 10.0. The van der Waals surface area contributed by atoms with E-state index in [9.17, 15) is 18.3 Å². The fraction of sp³-hybridized carbons (Fsp3) is 0.333. The molecule has 32 heavy (non-hydrogen) atoms. The molecule has 4 rings (SSSR count). The van der Waals surface area contributed by atoms with Crippen molar-refractivity contribution in [2.24, 2.45) is 14.1 Å². The quantitative estimate of drug-likeness (QED) is 0.497. The van der Waals surface area contributed by atoms with Crippen LogP contribution >= 0.6 is 11.6 Å². The van der Waals surface area contributed by atoms with E-state index in [2.05, 4.69) is 20.3 Å². The van der Waals surface area contributed by atoms with Crippen LogP contribution in [0.15, 0.2) is 30.6 Å². The van der Waals surface area contributed by atoms with Gasteiger partial charge in [0.1, 0.15) is 11.5 Å². The average Bonchev–Trinajstić information content (AvgIpc) is 3.30. The van der Waals surface area contributed by atoms with Gasteiger partial charge in [0, 0.05) is 30.7 Å². The highest BCUT2D eigenvalue weighted by atomic mass is 35.5. The maximum atomic E-state index is 13.1. The normalized spacial score (nSPS) is 14.2. The van der Waals surface area contributed by atoms with Gasteiger partial charge in [-0.15, -0.1) is 5.10 Å². The molecule has 0 saturated carbocycles. The molecule has 0 amide bonds. The number of imidazole rings is 1. The summed E-state index contributed by atoms with van der Waals surface area (Å²) in [5.41, 5.74) is -0.0523. The van der Waals surface area contributed by atoms with Gasteiger partial charge in [-0.1, -0.05) is 22.9 Å². The fourth-order valence-corrected chi connectivity index (χ4v) is 4.25. The van der Waals surface area contributed by atoms with Gasteiger partial charge < -0.3 is 9.67 Å². The molecule has 7 nitrogen and oxygen atoms in total.